The van der Waals surface area contributed by atoms with Crippen molar-refractivity contribution in [2.75, 3.05) is 6.61 Å². The first kappa shape index (κ1) is 26.2. The molecule has 0 bridgehead atoms. The molecule has 0 heterocycles. The summed E-state index contributed by atoms with van der Waals surface area (Å²) in [6.07, 6.45) is 14.3. The van der Waals surface area contributed by atoms with Crippen LogP contribution in [0.4, 0.5) is 0 Å². The van der Waals surface area contributed by atoms with E-state index in [1.807, 2.05) is 6.07 Å². The fourth-order valence-electron chi connectivity index (χ4n) is 3.75. The summed E-state index contributed by atoms with van der Waals surface area (Å²) in [6.45, 7) is 7.03. The van der Waals surface area contributed by atoms with Gasteiger partial charge >= 0.3 is 11.9 Å². The maximum absolute atomic E-state index is 12.5. The lowest BCUT2D eigenvalue weighted by atomic mass is 9.96. The molecule has 1 N–H and O–H groups in total. The van der Waals surface area contributed by atoms with Gasteiger partial charge in [0.1, 0.15) is 0 Å². The summed E-state index contributed by atoms with van der Waals surface area (Å²) >= 11 is 0. The third-order valence-electron chi connectivity index (χ3n) is 5.54. The van der Waals surface area contributed by atoms with Crippen molar-refractivity contribution in [3.05, 3.63) is 34.9 Å². The number of unbranched alkanes of at least 4 members (excludes halogenated alkanes) is 9. The molecule has 0 radical (unpaired) electrons. The summed E-state index contributed by atoms with van der Waals surface area (Å²) in [6, 6.07) is 5.17. The molecule has 0 aliphatic rings. The van der Waals surface area contributed by atoms with Crippen molar-refractivity contribution in [3.8, 4) is 0 Å². The maximum Gasteiger partial charge on any atom is 0.339 e. The Labute approximate surface area is 183 Å². The largest absolute Gasteiger partial charge is 0.478 e. The number of hydrogen-bond donors (Lipinski definition) is 1. The van der Waals surface area contributed by atoms with Crippen LogP contribution in [0.1, 0.15) is 124 Å². The number of carboxylic acid groups (broad SMARTS) is 1. The molecule has 0 aromatic heterocycles. The lowest BCUT2D eigenvalue weighted by Gasteiger charge is -2.12. The molecular formula is C26H42O4. The molecule has 170 valence electrons. The summed E-state index contributed by atoms with van der Waals surface area (Å²) in [5, 5.41) is 9.70. The molecule has 1 aromatic rings. The highest BCUT2D eigenvalue weighted by molar-refractivity contribution is 6.03. The molecule has 0 aliphatic heterocycles. The predicted molar refractivity (Wildman–Crippen MR) is 123 cm³/mol. The van der Waals surface area contributed by atoms with Gasteiger partial charge in [-0.15, -0.1) is 0 Å². The second-order valence-electron chi connectivity index (χ2n) is 8.75. The van der Waals surface area contributed by atoms with Crippen LogP contribution >= 0.6 is 0 Å². The molecule has 0 fully saturated rings. The monoisotopic (exact) mass is 418 g/mol. The normalized spacial score (nSPS) is 11.1. The topological polar surface area (TPSA) is 63.6 Å². The number of hydrogen-bond acceptors (Lipinski definition) is 3. The van der Waals surface area contributed by atoms with Gasteiger partial charge < -0.3 is 9.84 Å². The van der Waals surface area contributed by atoms with Gasteiger partial charge in [-0.3, -0.25) is 0 Å². The van der Waals surface area contributed by atoms with Crippen molar-refractivity contribution >= 4 is 11.9 Å². The van der Waals surface area contributed by atoms with Crippen molar-refractivity contribution in [2.24, 2.45) is 5.92 Å². The number of aryl methyl sites for hydroxylation is 1. The average Bonchev–Trinajstić information content (AvgIpc) is 2.71. The minimum atomic E-state index is -1.05. The molecule has 0 unspecified atom stereocenters. The summed E-state index contributed by atoms with van der Waals surface area (Å²) in [5.74, 6) is -0.808. The molecule has 4 heteroatoms. The fourth-order valence-corrected chi connectivity index (χ4v) is 3.75. The van der Waals surface area contributed by atoms with Gasteiger partial charge in [0.15, 0.2) is 0 Å². The van der Waals surface area contributed by atoms with Gasteiger partial charge in [-0.25, -0.2) is 9.59 Å². The van der Waals surface area contributed by atoms with E-state index in [0.717, 1.165) is 43.6 Å². The first-order valence-corrected chi connectivity index (χ1v) is 12.0. The van der Waals surface area contributed by atoms with E-state index in [2.05, 4.69) is 20.8 Å². The van der Waals surface area contributed by atoms with Gasteiger partial charge in [0.25, 0.3) is 0 Å². The SMILES string of the molecule is CCCCCCCCOC(=O)c1cccc(CCCCCCCC(C)C)c1C(=O)O. The third kappa shape index (κ3) is 10.8. The van der Waals surface area contributed by atoms with Crippen molar-refractivity contribution in [2.45, 2.75) is 104 Å². The van der Waals surface area contributed by atoms with Crippen LogP contribution in [-0.2, 0) is 11.2 Å². The van der Waals surface area contributed by atoms with Crippen molar-refractivity contribution in [3.63, 3.8) is 0 Å². The molecule has 30 heavy (non-hydrogen) atoms. The van der Waals surface area contributed by atoms with E-state index >= 15 is 0 Å². The van der Waals surface area contributed by atoms with Crippen LogP contribution in [0.15, 0.2) is 18.2 Å². The first-order chi connectivity index (χ1) is 14.5. The highest BCUT2D eigenvalue weighted by atomic mass is 16.5. The number of rotatable bonds is 17. The van der Waals surface area contributed by atoms with Gasteiger partial charge in [0.05, 0.1) is 17.7 Å². The van der Waals surface area contributed by atoms with Gasteiger partial charge in [-0.05, 0) is 36.8 Å². The predicted octanol–water partition coefficient (Wildman–Crippen LogP) is 7.44. The first-order valence-electron chi connectivity index (χ1n) is 12.0. The Kier molecular flexibility index (Phi) is 13.9. The second-order valence-corrected chi connectivity index (χ2v) is 8.75. The van der Waals surface area contributed by atoms with E-state index < -0.39 is 11.9 Å². The number of carbonyl (C=O) groups is 2. The highest BCUT2D eigenvalue weighted by Crippen LogP contribution is 2.20. The number of carboxylic acids is 1. The Morgan fingerprint density at radius 1 is 0.900 bits per heavy atom. The van der Waals surface area contributed by atoms with Gasteiger partial charge in [0, 0.05) is 0 Å². The Balaban J connectivity index is 2.50. The third-order valence-corrected chi connectivity index (χ3v) is 5.54. The van der Waals surface area contributed by atoms with Gasteiger partial charge in [0.2, 0.25) is 0 Å². The molecule has 4 nitrogen and oxygen atoms in total. The zero-order valence-electron chi connectivity index (χ0n) is 19.4. The molecule has 1 rings (SSSR count). The highest BCUT2D eigenvalue weighted by Gasteiger charge is 2.21. The maximum atomic E-state index is 12.5. The van der Waals surface area contributed by atoms with Crippen molar-refractivity contribution in [1.82, 2.24) is 0 Å². The van der Waals surface area contributed by atoms with Gasteiger partial charge in [-0.2, -0.15) is 0 Å². The lowest BCUT2D eigenvalue weighted by Crippen LogP contribution is -2.15. The smallest absolute Gasteiger partial charge is 0.339 e. The second kappa shape index (κ2) is 15.9. The summed E-state index contributed by atoms with van der Waals surface area (Å²) in [7, 11) is 0. The zero-order chi connectivity index (χ0) is 22.2. The quantitative estimate of drug-likeness (QED) is 0.211. The van der Waals surface area contributed by atoms with Crippen LogP contribution in [0.2, 0.25) is 0 Å². The van der Waals surface area contributed by atoms with Crippen LogP contribution in [0.25, 0.3) is 0 Å². The summed E-state index contributed by atoms with van der Waals surface area (Å²) < 4.78 is 5.37. The van der Waals surface area contributed by atoms with E-state index in [0.29, 0.717) is 13.0 Å². The van der Waals surface area contributed by atoms with E-state index in [1.165, 1.54) is 44.9 Å². The number of esters is 1. The average molecular weight is 419 g/mol. The number of benzene rings is 1. The minimum Gasteiger partial charge on any atom is -0.478 e. The Bertz CT molecular complexity index is 621. The summed E-state index contributed by atoms with van der Waals surface area (Å²) in [5.41, 5.74) is 1.03. The molecule has 0 saturated heterocycles. The summed E-state index contributed by atoms with van der Waals surface area (Å²) in [4.78, 5) is 24.3. The minimum absolute atomic E-state index is 0.116. The Morgan fingerprint density at radius 2 is 1.53 bits per heavy atom. The lowest BCUT2D eigenvalue weighted by molar-refractivity contribution is 0.0487. The van der Waals surface area contributed by atoms with Crippen molar-refractivity contribution in [1.29, 1.82) is 0 Å². The molecule has 0 spiro atoms. The molecule has 0 saturated carbocycles. The molecule has 0 aliphatic carbocycles. The van der Waals surface area contributed by atoms with Crippen LogP contribution in [-0.4, -0.2) is 23.7 Å². The number of aromatic carboxylic acids is 1. The van der Waals surface area contributed by atoms with E-state index in [4.69, 9.17) is 4.74 Å². The van der Waals surface area contributed by atoms with E-state index in [-0.39, 0.29) is 11.1 Å². The molecular weight excluding hydrogens is 376 g/mol. The standard InChI is InChI=1S/C26H42O4/c1-4-5-6-7-11-14-20-30-26(29)23-19-15-18-22(24(23)25(27)28)17-13-10-8-9-12-16-21(2)3/h15,18-19,21H,4-14,16-17,20H2,1-3H3,(H,27,28). The number of ether oxygens (including phenoxy) is 1. The fraction of sp³-hybridized carbons (Fsp3) is 0.692. The van der Waals surface area contributed by atoms with E-state index in [9.17, 15) is 14.7 Å². The molecule has 1 aromatic carbocycles. The van der Waals surface area contributed by atoms with Crippen LogP contribution in [0, 0.1) is 5.92 Å². The van der Waals surface area contributed by atoms with Crippen LogP contribution in [0.3, 0.4) is 0 Å². The Morgan fingerprint density at radius 3 is 2.20 bits per heavy atom. The Hall–Kier alpha value is -1.84. The number of carbonyl (C=O) groups excluding carboxylic acids is 1. The van der Waals surface area contributed by atoms with E-state index in [1.54, 1.807) is 12.1 Å². The van der Waals surface area contributed by atoms with Crippen molar-refractivity contribution < 1.29 is 19.4 Å². The van der Waals surface area contributed by atoms with Gasteiger partial charge in [-0.1, -0.05) is 97.1 Å². The zero-order valence-corrected chi connectivity index (χ0v) is 19.4. The molecule has 0 amide bonds. The molecule has 0 atom stereocenters. The van der Waals surface area contributed by atoms with Crippen LogP contribution < -0.4 is 0 Å². The van der Waals surface area contributed by atoms with Crippen LogP contribution in [0.5, 0.6) is 0 Å².